The van der Waals surface area contributed by atoms with Gasteiger partial charge >= 0.3 is 11.8 Å². The number of likely N-dealkylation sites (tertiary alicyclic amines) is 1. The molecule has 1 heterocycles. The number of para-hydroxylation sites is 1. The summed E-state index contributed by atoms with van der Waals surface area (Å²) < 4.78 is 0. The summed E-state index contributed by atoms with van der Waals surface area (Å²) in [5.41, 5.74) is 0.777. The number of nitrogens with zero attached hydrogens (tertiary/aromatic N) is 2. The van der Waals surface area contributed by atoms with Crippen molar-refractivity contribution in [2.45, 2.75) is 26.7 Å². The minimum Gasteiger partial charge on any atom is -0.334 e. The molecule has 0 aromatic heterocycles. The van der Waals surface area contributed by atoms with E-state index in [1.807, 2.05) is 37.3 Å². The smallest absolute Gasteiger partial charge is 0.316 e. The first kappa shape index (κ1) is 14.6. The van der Waals surface area contributed by atoms with E-state index in [0.717, 1.165) is 18.5 Å². The van der Waals surface area contributed by atoms with E-state index < -0.39 is 5.91 Å². The van der Waals surface area contributed by atoms with E-state index in [9.17, 15) is 9.59 Å². The molecule has 4 nitrogen and oxygen atoms in total. The molecular weight excluding hydrogens is 252 g/mol. The van der Waals surface area contributed by atoms with E-state index in [1.54, 1.807) is 9.80 Å². The van der Waals surface area contributed by atoms with Gasteiger partial charge in [-0.15, -0.1) is 0 Å². The second-order valence-electron chi connectivity index (χ2n) is 5.36. The third-order valence-electron chi connectivity index (χ3n) is 3.88. The van der Waals surface area contributed by atoms with Crippen LogP contribution in [-0.2, 0) is 9.59 Å². The van der Waals surface area contributed by atoms with Crippen LogP contribution in [-0.4, -0.2) is 36.3 Å². The van der Waals surface area contributed by atoms with E-state index in [-0.39, 0.29) is 5.91 Å². The Morgan fingerprint density at radius 1 is 1.20 bits per heavy atom. The Labute approximate surface area is 120 Å². The number of carbonyl (C=O) groups excluding carboxylic acids is 2. The summed E-state index contributed by atoms with van der Waals surface area (Å²) in [5.74, 6) is -0.151. The molecule has 0 unspecified atom stereocenters. The molecule has 1 aliphatic heterocycles. The number of piperidine rings is 1. The zero-order valence-corrected chi connectivity index (χ0v) is 12.2. The van der Waals surface area contributed by atoms with E-state index in [2.05, 4.69) is 6.92 Å². The minimum absolute atomic E-state index is 0.373. The molecule has 0 radical (unpaired) electrons. The van der Waals surface area contributed by atoms with Crippen molar-refractivity contribution in [1.29, 1.82) is 0 Å². The van der Waals surface area contributed by atoms with Crippen molar-refractivity contribution in [2.24, 2.45) is 5.92 Å². The Kier molecular flexibility index (Phi) is 4.77. The van der Waals surface area contributed by atoms with Crippen LogP contribution in [0.3, 0.4) is 0 Å². The summed E-state index contributed by atoms with van der Waals surface area (Å²) in [5, 5.41) is 0. The number of anilines is 1. The second kappa shape index (κ2) is 6.55. The van der Waals surface area contributed by atoms with E-state index in [4.69, 9.17) is 0 Å². The fourth-order valence-electron chi connectivity index (χ4n) is 2.51. The molecule has 2 amide bonds. The highest BCUT2D eigenvalue weighted by atomic mass is 16.2. The Morgan fingerprint density at radius 3 is 2.35 bits per heavy atom. The van der Waals surface area contributed by atoms with E-state index >= 15 is 0 Å². The van der Waals surface area contributed by atoms with Gasteiger partial charge in [-0.25, -0.2) is 0 Å². The molecular formula is C16H22N2O2. The fraction of sp³-hybridized carbons (Fsp3) is 0.500. The lowest BCUT2D eigenvalue weighted by Crippen LogP contribution is -2.48. The van der Waals surface area contributed by atoms with Gasteiger partial charge in [0.05, 0.1) is 0 Å². The predicted molar refractivity (Wildman–Crippen MR) is 79.4 cm³/mol. The summed E-state index contributed by atoms with van der Waals surface area (Å²) in [7, 11) is 0. The first-order chi connectivity index (χ1) is 9.63. The standard InChI is InChI=1S/C16H22N2O2/c1-3-18(14-7-5-4-6-8-14)16(20)15(19)17-11-9-13(2)10-12-17/h4-8,13H,3,9-12H2,1-2H3. The van der Waals surface area contributed by atoms with Crippen molar-refractivity contribution in [1.82, 2.24) is 4.90 Å². The zero-order chi connectivity index (χ0) is 14.5. The lowest BCUT2D eigenvalue weighted by atomic mass is 9.99. The van der Waals surface area contributed by atoms with Crippen LogP contribution in [0.25, 0.3) is 0 Å². The summed E-state index contributed by atoms with van der Waals surface area (Å²) in [6.07, 6.45) is 1.97. The van der Waals surface area contributed by atoms with Gasteiger partial charge in [0.15, 0.2) is 0 Å². The molecule has 108 valence electrons. The number of likely N-dealkylation sites (N-methyl/N-ethyl adjacent to an activating group) is 1. The molecule has 2 rings (SSSR count). The van der Waals surface area contributed by atoms with Crippen molar-refractivity contribution in [3.63, 3.8) is 0 Å². The van der Waals surface area contributed by atoms with Gasteiger partial charge in [-0.3, -0.25) is 9.59 Å². The number of hydrogen-bond acceptors (Lipinski definition) is 2. The molecule has 4 heteroatoms. The van der Waals surface area contributed by atoms with Crippen LogP contribution in [0.15, 0.2) is 30.3 Å². The van der Waals surface area contributed by atoms with Crippen LogP contribution < -0.4 is 4.90 Å². The van der Waals surface area contributed by atoms with Crippen LogP contribution in [0.5, 0.6) is 0 Å². The number of carbonyl (C=O) groups is 2. The SMILES string of the molecule is CCN(C(=O)C(=O)N1CCC(C)CC1)c1ccccc1. The molecule has 1 saturated heterocycles. The largest absolute Gasteiger partial charge is 0.334 e. The summed E-state index contributed by atoms with van der Waals surface area (Å²) in [6, 6.07) is 9.35. The van der Waals surface area contributed by atoms with Gasteiger partial charge in [-0.05, 0) is 37.8 Å². The first-order valence-electron chi connectivity index (χ1n) is 7.29. The van der Waals surface area contributed by atoms with Crippen molar-refractivity contribution >= 4 is 17.5 Å². The predicted octanol–water partition coefficient (Wildman–Crippen LogP) is 2.30. The first-order valence-corrected chi connectivity index (χ1v) is 7.29. The summed E-state index contributed by atoms with van der Waals surface area (Å²) in [6.45, 7) is 5.96. The quantitative estimate of drug-likeness (QED) is 0.776. The normalized spacial score (nSPS) is 16.0. The molecule has 0 spiro atoms. The maximum atomic E-state index is 12.4. The molecule has 0 saturated carbocycles. The molecule has 0 bridgehead atoms. The molecule has 0 atom stereocenters. The zero-order valence-electron chi connectivity index (χ0n) is 12.2. The van der Waals surface area contributed by atoms with Crippen LogP contribution in [0, 0.1) is 5.92 Å². The highest BCUT2D eigenvalue weighted by Gasteiger charge is 2.29. The Balaban J connectivity index is 2.07. The third-order valence-corrected chi connectivity index (χ3v) is 3.88. The highest BCUT2D eigenvalue weighted by molar-refractivity contribution is 6.40. The van der Waals surface area contributed by atoms with Gasteiger partial charge < -0.3 is 9.80 Å². The lowest BCUT2D eigenvalue weighted by molar-refractivity contribution is -0.145. The van der Waals surface area contributed by atoms with Crippen molar-refractivity contribution < 1.29 is 9.59 Å². The molecule has 1 aromatic rings. The minimum atomic E-state index is -0.423. The summed E-state index contributed by atoms with van der Waals surface area (Å²) >= 11 is 0. The maximum absolute atomic E-state index is 12.4. The fourth-order valence-corrected chi connectivity index (χ4v) is 2.51. The summed E-state index contributed by atoms with van der Waals surface area (Å²) in [4.78, 5) is 27.9. The Morgan fingerprint density at radius 2 is 1.80 bits per heavy atom. The number of hydrogen-bond donors (Lipinski definition) is 0. The van der Waals surface area contributed by atoms with Gasteiger partial charge in [0.1, 0.15) is 0 Å². The lowest BCUT2D eigenvalue weighted by Gasteiger charge is -2.31. The molecule has 1 aliphatic rings. The second-order valence-corrected chi connectivity index (χ2v) is 5.36. The molecule has 1 aromatic carbocycles. The third kappa shape index (κ3) is 3.18. The van der Waals surface area contributed by atoms with Crippen molar-refractivity contribution in [3.05, 3.63) is 30.3 Å². The van der Waals surface area contributed by atoms with Gasteiger partial charge in [0.25, 0.3) is 0 Å². The average Bonchev–Trinajstić information content (AvgIpc) is 2.49. The molecule has 20 heavy (non-hydrogen) atoms. The van der Waals surface area contributed by atoms with E-state index in [0.29, 0.717) is 25.6 Å². The van der Waals surface area contributed by atoms with Crippen LogP contribution >= 0.6 is 0 Å². The molecule has 0 N–H and O–H groups in total. The maximum Gasteiger partial charge on any atom is 0.316 e. The van der Waals surface area contributed by atoms with Crippen molar-refractivity contribution in [2.75, 3.05) is 24.5 Å². The Hall–Kier alpha value is -1.84. The van der Waals surface area contributed by atoms with Crippen molar-refractivity contribution in [3.8, 4) is 0 Å². The highest BCUT2D eigenvalue weighted by Crippen LogP contribution is 2.18. The van der Waals surface area contributed by atoms with Gasteiger partial charge in [-0.2, -0.15) is 0 Å². The monoisotopic (exact) mass is 274 g/mol. The van der Waals surface area contributed by atoms with Gasteiger partial charge in [0, 0.05) is 25.3 Å². The Bertz CT molecular complexity index is 465. The van der Waals surface area contributed by atoms with Gasteiger partial charge in [0.2, 0.25) is 0 Å². The van der Waals surface area contributed by atoms with Crippen LogP contribution in [0.2, 0.25) is 0 Å². The van der Waals surface area contributed by atoms with Crippen LogP contribution in [0.4, 0.5) is 5.69 Å². The molecule has 1 fully saturated rings. The molecule has 0 aliphatic carbocycles. The van der Waals surface area contributed by atoms with E-state index in [1.165, 1.54) is 0 Å². The number of amides is 2. The number of rotatable bonds is 2. The number of benzene rings is 1. The average molecular weight is 274 g/mol. The topological polar surface area (TPSA) is 40.6 Å². The van der Waals surface area contributed by atoms with Crippen LogP contribution in [0.1, 0.15) is 26.7 Å². The van der Waals surface area contributed by atoms with Gasteiger partial charge in [-0.1, -0.05) is 25.1 Å².